The van der Waals surface area contributed by atoms with E-state index in [0.717, 1.165) is 28.8 Å². The molecule has 1 aliphatic heterocycles. The fourth-order valence-corrected chi connectivity index (χ4v) is 4.14. The number of alkyl halides is 3. The van der Waals surface area contributed by atoms with Crippen molar-refractivity contribution in [2.24, 2.45) is 4.99 Å². The first-order valence-corrected chi connectivity index (χ1v) is 9.90. The van der Waals surface area contributed by atoms with Crippen molar-refractivity contribution in [3.8, 4) is 0 Å². The van der Waals surface area contributed by atoms with Gasteiger partial charge in [-0.3, -0.25) is 14.5 Å². The first-order chi connectivity index (χ1) is 14.3. The van der Waals surface area contributed by atoms with Crippen LogP contribution in [-0.4, -0.2) is 27.9 Å². The van der Waals surface area contributed by atoms with Crippen molar-refractivity contribution in [3.05, 3.63) is 70.3 Å². The molecular formula is C21H17F3N4OS. The number of rotatable bonds is 3. The molecule has 2 aromatic carbocycles. The van der Waals surface area contributed by atoms with Gasteiger partial charge >= 0.3 is 6.18 Å². The van der Waals surface area contributed by atoms with Crippen LogP contribution >= 0.6 is 11.8 Å². The Morgan fingerprint density at radius 3 is 2.73 bits per heavy atom. The van der Waals surface area contributed by atoms with E-state index in [1.165, 1.54) is 12.1 Å². The molecule has 9 heteroatoms. The molecule has 3 aromatic rings. The Morgan fingerprint density at radius 1 is 1.23 bits per heavy atom. The second-order valence-corrected chi connectivity index (χ2v) is 7.80. The molecule has 0 spiro atoms. The van der Waals surface area contributed by atoms with Crippen LogP contribution in [0.1, 0.15) is 29.7 Å². The van der Waals surface area contributed by atoms with Crippen LogP contribution in [0.2, 0.25) is 0 Å². The van der Waals surface area contributed by atoms with Gasteiger partial charge in [0.25, 0.3) is 5.24 Å². The minimum atomic E-state index is -4.43. The van der Waals surface area contributed by atoms with Crippen molar-refractivity contribution < 1.29 is 18.0 Å². The molecule has 30 heavy (non-hydrogen) atoms. The third-order valence-corrected chi connectivity index (χ3v) is 5.66. The Bertz CT molecular complexity index is 1200. The molecule has 0 radical (unpaired) electrons. The molecule has 1 atom stereocenters. The summed E-state index contributed by atoms with van der Waals surface area (Å²) < 4.78 is 41.7. The summed E-state index contributed by atoms with van der Waals surface area (Å²) in [5, 5.41) is 7.73. The molecule has 2 heterocycles. The van der Waals surface area contributed by atoms with E-state index in [4.69, 9.17) is 0 Å². The van der Waals surface area contributed by atoms with Crippen molar-refractivity contribution >= 4 is 39.8 Å². The number of nitrogens with one attached hydrogen (secondary N) is 1. The molecule has 1 fully saturated rings. The van der Waals surface area contributed by atoms with E-state index in [9.17, 15) is 18.0 Å². The third-order valence-electron chi connectivity index (χ3n) is 4.84. The summed E-state index contributed by atoms with van der Waals surface area (Å²) in [6.07, 6.45) is -0.862. The van der Waals surface area contributed by atoms with E-state index in [1.807, 2.05) is 18.2 Å². The van der Waals surface area contributed by atoms with Crippen LogP contribution in [0.3, 0.4) is 0 Å². The highest BCUT2D eigenvalue weighted by atomic mass is 32.2. The summed E-state index contributed by atoms with van der Waals surface area (Å²) in [5.41, 5.74) is 1.01. The zero-order valence-electron chi connectivity index (χ0n) is 16.1. The number of thioether (sulfide) groups is 1. The number of nitrogens with zero attached hydrogens (tertiary/aromatic N) is 3. The smallest absolute Gasteiger partial charge is 0.300 e. The van der Waals surface area contributed by atoms with Crippen molar-refractivity contribution in [1.29, 1.82) is 0 Å². The van der Waals surface area contributed by atoms with Gasteiger partial charge in [-0.25, -0.2) is 0 Å². The standard InChI is InChI=1S/C21H17F3N4OS/c1-12(15-5-3-4-6-16(15)21(22,23)24)28-11-14-9-13(7-8-17(14)27-28)10-18-19(25-2)26-20(29)30-18/h3-12H,1-2H3,(H,25,26,29)/b18-10-/t12-/m1/s1. The van der Waals surface area contributed by atoms with Gasteiger partial charge in [0.2, 0.25) is 0 Å². The van der Waals surface area contributed by atoms with E-state index in [0.29, 0.717) is 16.3 Å². The highest BCUT2D eigenvalue weighted by molar-refractivity contribution is 8.18. The predicted octanol–water partition coefficient (Wildman–Crippen LogP) is 5.49. The van der Waals surface area contributed by atoms with Crippen molar-refractivity contribution in [1.82, 2.24) is 15.1 Å². The van der Waals surface area contributed by atoms with Crippen LogP contribution in [0.25, 0.3) is 17.0 Å². The molecule has 0 unspecified atom stereocenters. The molecule has 154 valence electrons. The number of hydrogen-bond donors (Lipinski definition) is 1. The van der Waals surface area contributed by atoms with Crippen LogP contribution in [0.15, 0.2) is 58.6 Å². The molecule has 0 aliphatic carbocycles. The van der Waals surface area contributed by atoms with E-state index < -0.39 is 17.8 Å². The first kappa shape index (κ1) is 20.2. The average Bonchev–Trinajstić information content (AvgIpc) is 3.29. The van der Waals surface area contributed by atoms with Gasteiger partial charge in [0.1, 0.15) is 5.84 Å². The quantitative estimate of drug-likeness (QED) is 0.598. The number of aromatic nitrogens is 2. The lowest BCUT2D eigenvalue weighted by Gasteiger charge is -2.18. The van der Waals surface area contributed by atoms with Gasteiger partial charge < -0.3 is 5.32 Å². The van der Waals surface area contributed by atoms with Gasteiger partial charge in [0.15, 0.2) is 0 Å². The molecule has 1 N–H and O–H groups in total. The maximum absolute atomic E-state index is 13.4. The number of fused-ring (bicyclic) bond motifs is 1. The number of halogens is 3. The van der Waals surface area contributed by atoms with Crippen LogP contribution in [0, 0.1) is 0 Å². The minimum absolute atomic E-state index is 0.163. The van der Waals surface area contributed by atoms with Crippen molar-refractivity contribution in [2.75, 3.05) is 7.05 Å². The number of amidine groups is 1. The molecule has 0 saturated carbocycles. The number of aliphatic imine (C=N–C) groups is 1. The largest absolute Gasteiger partial charge is 0.416 e. The van der Waals surface area contributed by atoms with E-state index in [-0.39, 0.29) is 10.8 Å². The topological polar surface area (TPSA) is 59.3 Å². The number of hydrogen-bond acceptors (Lipinski definition) is 4. The lowest BCUT2D eigenvalue weighted by molar-refractivity contribution is -0.138. The average molecular weight is 430 g/mol. The molecule has 1 aliphatic rings. The summed E-state index contributed by atoms with van der Waals surface area (Å²) >= 11 is 1.06. The minimum Gasteiger partial charge on any atom is -0.300 e. The monoisotopic (exact) mass is 430 g/mol. The highest BCUT2D eigenvalue weighted by Crippen LogP contribution is 2.36. The second kappa shape index (κ2) is 7.64. The molecule has 5 nitrogen and oxygen atoms in total. The lowest BCUT2D eigenvalue weighted by atomic mass is 10.0. The Kier molecular flexibility index (Phi) is 5.15. The van der Waals surface area contributed by atoms with Gasteiger partial charge in [-0.2, -0.15) is 18.3 Å². The van der Waals surface area contributed by atoms with Gasteiger partial charge in [-0.05, 0) is 54.1 Å². The van der Waals surface area contributed by atoms with Gasteiger partial charge in [-0.15, -0.1) is 0 Å². The summed E-state index contributed by atoms with van der Waals surface area (Å²) in [7, 11) is 1.60. The van der Waals surface area contributed by atoms with E-state index in [2.05, 4.69) is 15.4 Å². The fourth-order valence-electron chi connectivity index (χ4n) is 3.36. The molecule has 4 rings (SSSR count). The third kappa shape index (κ3) is 3.85. The lowest BCUT2D eigenvalue weighted by Crippen LogP contribution is -2.18. The maximum Gasteiger partial charge on any atom is 0.416 e. The highest BCUT2D eigenvalue weighted by Gasteiger charge is 2.34. The first-order valence-electron chi connectivity index (χ1n) is 9.09. The Hall–Kier alpha value is -3.07. The van der Waals surface area contributed by atoms with Gasteiger partial charge in [0.05, 0.1) is 22.0 Å². The summed E-state index contributed by atoms with van der Waals surface area (Å²) in [5.74, 6) is 0.512. The number of amides is 1. The van der Waals surface area contributed by atoms with Crippen LogP contribution in [-0.2, 0) is 6.18 Å². The Morgan fingerprint density at radius 2 is 2.00 bits per heavy atom. The SMILES string of the molecule is CN=C1NC(=O)S/C1=C\c1ccc2nn([C@H](C)c3ccccc3C(F)(F)F)cc2c1. The van der Waals surface area contributed by atoms with E-state index in [1.54, 1.807) is 37.0 Å². The number of benzene rings is 2. The number of carbonyl (C=O) groups is 1. The van der Waals surface area contributed by atoms with Crippen molar-refractivity contribution in [3.63, 3.8) is 0 Å². The van der Waals surface area contributed by atoms with Crippen molar-refractivity contribution in [2.45, 2.75) is 19.1 Å². The molecular weight excluding hydrogens is 413 g/mol. The van der Waals surface area contributed by atoms with Crippen LogP contribution in [0.4, 0.5) is 18.0 Å². The second-order valence-electron chi connectivity index (χ2n) is 6.78. The fraction of sp³-hybridized carbons (Fsp3) is 0.190. The Balaban J connectivity index is 1.70. The summed E-state index contributed by atoms with van der Waals surface area (Å²) in [4.78, 5) is 16.3. The summed E-state index contributed by atoms with van der Waals surface area (Å²) in [6.45, 7) is 1.69. The maximum atomic E-state index is 13.4. The molecule has 1 saturated heterocycles. The normalized spacial score (nSPS) is 18.4. The van der Waals surface area contributed by atoms with E-state index >= 15 is 0 Å². The molecule has 1 amide bonds. The van der Waals surface area contributed by atoms with Crippen LogP contribution in [0.5, 0.6) is 0 Å². The Labute approximate surface area is 174 Å². The van der Waals surface area contributed by atoms with Crippen LogP contribution < -0.4 is 5.32 Å². The molecule has 1 aromatic heterocycles. The number of carbonyl (C=O) groups excluding carboxylic acids is 1. The zero-order chi connectivity index (χ0) is 21.5. The van der Waals surface area contributed by atoms with Gasteiger partial charge in [0, 0.05) is 18.6 Å². The van der Waals surface area contributed by atoms with Gasteiger partial charge in [-0.1, -0.05) is 24.3 Å². The molecule has 0 bridgehead atoms. The summed E-state index contributed by atoms with van der Waals surface area (Å²) in [6, 6.07) is 10.5. The zero-order valence-corrected chi connectivity index (χ0v) is 16.9. The predicted molar refractivity (Wildman–Crippen MR) is 112 cm³/mol.